The molecule has 0 unspecified atom stereocenters. The SMILES string of the molecule is CCCN(C1CCNCC1)S(=O)(=O)c1ccc(OCC)c2ccccc12.Cl. The van der Waals surface area contributed by atoms with E-state index in [9.17, 15) is 8.42 Å². The standard InChI is InChI=1S/C20H28N2O3S.ClH/c1-3-15-22(16-11-13-21-14-12-16)26(23,24)20-10-9-19(25-4-2)17-7-5-6-8-18(17)20;/h5-10,16,21H,3-4,11-15H2,1-2H3;1H. The van der Waals surface area contributed by atoms with Gasteiger partial charge in [0.25, 0.3) is 0 Å². The van der Waals surface area contributed by atoms with Gasteiger partial charge in [-0.25, -0.2) is 8.42 Å². The predicted octanol–water partition coefficient (Wildman–Crippen LogP) is 3.81. The molecular weight excluding hydrogens is 384 g/mol. The van der Waals surface area contributed by atoms with Gasteiger partial charge in [-0.15, -0.1) is 12.4 Å². The Bertz CT molecular complexity index is 851. The molecule has 0 aromatic heterocycles. The van der Waals surface area contributed by atoms with Gasteiger partial charge >= 0.3 is 0 Å². The number of ether oxygens (including phenoxy) is 1. The van der Waals surface area contributed by atoms with Gasteiger partial charge < -0.3 is 10.1 Å². The molecular formula is C20H29ClN2O3S. The quantitative estimate of drug-likeness (QED) is 0.751. The van der Waals surface area contributed by atoms with Crippen LogP contribution >= 0.6 is 12.4 Å². The van der Waals surface area contributed by atoms with Crippen LogP contribution in [0.3, 0.4) is 0 Å². The molecule has 1 aliphatic rings. The van der Waals surface area contributed by atoms with E-state index in [2.05, 4.69) is 5.32 Å². The van der Waals surface area contributed by atoms with E-state index in [1.54, 1.807) is 16.4 Å². The maximum Gasteiger partial charge on any atom is 0.243 e. The van der Waals surface area contributed by atoms with Crippen LogP contribution in [0.5, 0.6) is 5.75 Å². The number of sulfonamides is 1. The van der Waals surface area contributed by atoms with Gasteiger partial charge in [-0.1, -0.05) is 31.2 Å². The molecule has 27 heavy (non-hydrogen) atoms. The van der Waals surface area contributed by atoms with Crippen molar-refractivity contribution >= 4 is 33.2 Å². The Morgan fingerprint density at radius 2 is 1.74 bits per heavy atom. The van der Waals surface area contributed by atoms with Gasteiger partial charge in [0.2, 0.25) is 10.0 Å². The average molecular weight is 413 g/mol. The highest BCUT2D eigenvalue weighted by Crippen LogP contribution is 2.34. The summed E-state index contributed by atoms with van der Waals surface area (Å²) in [5, 5.41) is 4.89. The summed E-state index contributed by atoms with van der Waals surface area (Å²) < 4.78 is 34.6. The first-order valence-electron chi connectivity index (χ1n) is 9.46. The molecule has 1 heterocycles. The number of nitrogens with zero attached hydrogens (tertiary/aromatic N) is 1. The van der Waals surface area contributed by atoms with Crippen LogP contribution in [0.2, 0.25) is 0 Å². The van der Waals surface area contributed by atoms with Crippen LogP contribution in [-0.4, -0.2) is 45.0 Å². The number of fused-ring (bicyclic) bond motifs is 1. The van der Waals surface area contributed by atoms with Gasteiger partial charge in [0.05, 0.1) is 11.5 Å². The summed E-state index contributed by atoms with van der Waals surface area (Å²) in [6, 6.07) is 11.1. The van der Waals surface area contributed by atoms with Crippen molar-refractivity contribution < 1.29 is 13.2 Å². The minimum atomic E-state index is -3.57. The van der Waals surface area contributed by atoms with Crippen molar-refractivity contribution in [3.05, 3.63) is 36.4 Å². The van der Waals surface area contributed by atoms with E-state index in [0.717, 1.165) is 48.9 Å². The van der Waals surface area contributed by atoms with Crippen LogP contribution in [0, 0.1) is 0 Å². The van der Waals surface area contributed by atoms with Crippen molar-refractivity contribution in [3.63, 3.8) is 0 Å². The molecule has 0 saturated carbocycles. The van der Waals surface area contributed by atoms with E-state index in [4.69, 9.17) is 4.74 Å². The Labute approximate surface area is 168 Å². The van der Waals surface area contributed by atoms with Crippen molar-refractivity contribution in [1.82, 2.24) is 9.62 Å². The molecule has 150 valence electrons. The Hall–Kier alpha value is -1.34. The lowest BCUT2D eigenvalue weighted by Crippen LogP contribution is -2.46. The van der Waals surface area contributed by atoms with Crippen LogP contribution < -0.4 is 10.1 Å². The summed E-state index contributed by atoms with van der Waals surface area (Å²) in [7, 11) is -3.57. The normalized spacial score (nSPS) is 15.7. The van der Waals surface area contributed by atoms with Crippen molar-refractivity contribution in [1.29, 1.82) is 0 Å². The topological polar surface area (TPSA) is 58.6 Å². The van der Waals surface area contributed by atoms with Crippen molar-refractivity contribution in [3.8, 4) is 5.75 Å². The molecule has 5 nitrogen and oxygen atoms in total. The van der Waals surface area contributed by atoms with Gasteiger partial charge in [-0.3, -0.25) is 0 Å². The fourth-order valence-electron chi connectivity index (χ4n) is 3.69. The first kappa shape index (κ1) is 22.0. The van der Waals surface area contributed by atoms with Crippen LogP contribution in [0.25, 0.3) is 10.8 Å². The summed E-state index contributed by atoms with van der Waals surface area (Å²) in [6.07, 6.45) is 2.51. The van der Waals surface area contributed by atoms with E-state index in [-0.39, 0.29) is 18.4 Å². The highest BCUT2D eigenvalue weighted by molar-refractivity contribution is 7.89. The predicted molar refractivity (Wildman–Crippen MR) is 112 cm³/mol. The number of halogens is 1. The highest BCUT2D eigenvalue weighted by Gasteiger charge is 2.33. The Balaban J connectivity index is 0.00000261. The molecule has 3 rings (SSSR count). The smallest absolute Gasteiger partial charge is 0.243 e. The third-order valence-corrected chi connectivity index (χ3v) is 6.90. The molecule has 0 atom stereocenters. The molecule has 0 aliphatic carbocycles. The van der Waals surface area contributed by atoms with Gasteiger partial charge in [-0.05, 0) is 51.4 Å². The molecule has 0 amide bonds. The van der Waals surface area contributed by atoms with E-state index < -0.39 is 10.0 Å². The fourth-order valence-corrected chi connectivity index (χ4v) is 5.67. The van der Waals surface area contributed by atoms with Crippen LogP contribution in [0.15, 0.2) is 41.3 Å². The third-order valence-electron chi connectivity index (χ3n) is 4.89. The molecule has 7 heteroatoms. The maximum absolute atomic E-state index is 13.6. The lowest BCUT2D eigenvalue weighted by atomic mass is 10.1. The number of benzene rings is 2. The first-order valence-corrected chi connectivity index (χ1v) is 10.9. The third kappa shape index (κ3) is 4.57. The fraction of sp³-hybridized carbons (Fsp3) is 0.500. The first-order chi connectivity index (χ1) is 12.6. The summed E-state index contributed by atoms with van der Waals surface area (Å²) in [6.45, 7) is 6.79. The number of hydrogen-bond acceptors (Lipinski definition) is 4. The number of rotatable bonds is 7. The van der Waals surface area contributed by atoms with E-state index in [1.807, 2.05) is 38.1 Å². The zero-order valence-corrected chi connectivity index (χ0v) is 17.6. The number of hydrogen-bond donors (Lipinski definition) is 1. The summed E-state index contributed by atoms with van der Waals surface area (Å²) in [5.41, 5.74) is 0. The molecule has 0 bridgehead atoms. The Morgan fingerprint density at radius 1 is 1.07 bits per heavy atom. The summed E-state index contributed by atoms with van der Waals surface area (Å²) in [5.74, 6) is 0.728. The summed E-state index contributed by atoms with van der Waals surface area (Å²) >= 11 is 0. The Morgan fingerprint density at radius 3 is 2.37 bits per heavy atom. The highest BCUT2D eigenvalue weighted by atomic mass is 35.5. The number of nitrogens with one attached hydrogen (secondary N) is 1. The second-order valence-electron chi connectivity index (χ2n) is 6.64. The minimum Gasteiger partial charge on any atom is -0.493 e. The second-order valence-corrected chi connectivity index (χ2v) is 8.50. The minimum absolute atomic E-state index is 0. The van der Waals surface area contributed by atoms with Gasteiger partial charge in [0.1, 0.15) is 5.75 Å². The molecule has 2 aromatic carbocycles. The summed E-state index contributed by atoms with van der Waals surface area (Å²) in [4.78, 5) is 0.378. The average Bonchev–Trinajstić information content (AvgIpc) is 2.67. The van der Waals surface area contributed by atoms with Gasteiger partial charge in [0.15, 0.2) is 0 Å². The van der Waals surface area contributed by atoms with Crippen LogP contribution in [-0.2, 0) is 10.0 Å². The van der Waals surface area contributed by atoms with Gasteiger partial charge in [0, 0.05) is 23.4 Å². The van der Waals surface area contributed by atoms with Crippen molar-refractivity contribution in [2.24, 2.45) is 0 Å². The Kier molecular flexibility index (Phi) is 7.91. The van der Waals surface area contributed by atoms with Crippen molar-refractivity contribution in [2.75, 3.05) is 26.2 Å². The number of piperidine rings is 1. The largest absolute Gasteiger partial charge is 0.493 e. The molecule has 0 spiro atoms. The molecule has 0 radical (unpaired) electrons. The molecule has 1 aliphatic heterocycles. The molecule has 1 saturated heterocycles. The monoisotopic (exact) mass is 412 g/mol. The zero-order chi connectivity index (χ0) is 18.6. The molecule has 1 fully saturated rings. The zero-order valence-electron chi connectivity index (χ0n) is 16.0. The van der Waals surface area contributed by atoms with Crippen LogP contribution in [0.4, 0.5) is 0 Å². The van der Waals surface area contributed by atoms with Crippen molar-refractivity contribution in [2.45, 2.75) is 44.0 Å². The lowest BCUT2D eigenvalue weighted by Gasteiger charge is -2.34. The van der Waals surface area contributed by atoms with E-state index >= 15 is 0 Å². The molecule has 1 N–H and O–H groups in total. The van der Waals surface area contributed by atoms with E-state index in [1.165, 1.54) is 0 Å². The maximum atomic E-state index is 13.6. The second kappa shape index (κ2) is 9.73. The lowest BCUT2D eigenvalue weighted by molar-refractivity contribution is 0.262. The van der Waals surface area contributed by atoms with E-state index in [0.29, 0.717) is 18.0 Å². The van der Waals surface area contributed by atoms with Crippen LogP contribution in [0.1, 0.15) is 33.1 Å². The van der Waals surface area contributed by atoms with Gasteiger partial charge in [-0.2, -0.15) is 4.31 Å². The molecule has 2 aromatic rings.